The van der Waals surface area contributed by atoms with E-state index in [1.807, 2.05) is 13.0 Å². The summed E-state index contributed by atoms with van der Waals surface area (Å²) in [7, 11) is 0. The highest BCUT2D eigenvalue weighted by molar-refractivity contribution is 6.30. The third-order valence-electron chi connectivity index (χ3n) is 2.81. The number of aliphatic hydroxyl groups is 1. The minimum atomic E-state index is -0.840. The highest BCUT2D eigenvalue weighted by Crippen LogP contribution is 2.32. The molecule has 82 valence electrons. The van der Waals surface area contributed by atoms with E-state index in [-0.39, 0.29) is 0 Å². The van der Waals surface area contributed by atoms with Crippen LogP contribution in [0.3, 0.4) is 0 Å². The highest BCUT2D eigenvalue weighted by atomic mass is 35.5. The third kappa shape index (κ3) is 2.14. The summed E-state index contributed by atoms with van der Waals surface area (Å²) in [6.45, 7) is 3.09. The zero-order valence-electron chi connectivity index (χ0n) is 8.66. The lowest BCUT2D eigenvalue weighted by atomic mass is 9.88. The summed E-state index contributed by atoms with van der Waals surface area (Å²) >= 11 is 5.83. The maximum atomic E-state index is 10.4. The lowest BCUT2D eigenvalue weighted by molar-refractivity contribution is -0.0709. The summed E-state index contributed by atoms with van der Waals surface area (Å²) in [5.74, 6) is 0. The molecule has 15 heavy (non-hydrogen) atoms. The van der Waals surface area contributed by atoms with Crippen LogP contribution in [0.5, 0.6) is 0 Å². The first-order valence-electron chi connectivity index (χ1n) is 5.04. The summed E-state index contributed by atoms with van der Waals surface area (Å²) in [5, 5.41) is 11.0. The number of pyridine rings is 1. The zero-order valence-corrected chi connectivity index (χ0v) is 9.42. The normalized spacial score (nSPS) is 20.2. The standard InChI is InChI=1S/C11H14ClNO2/c1-8-6-9(12)7-13-10(8)11(14)2-4-15-5-3-11/h6-7,14H,2-5H2,1H3. The Morgan fingerprint density at radius 1 is 1.47 bits per heavy atom. The number of aromatic nitrogens is 1. The van der Waals surface area contributed by atoms with Crippen molar-refractivity contribution in [1.29, 1.82) is 0 Å². The van der Waals surface area contributed by atoms with E-state index in [0.717, 1.165) is 11.3 Å². The zero-order chi connectivity index (χ0) is 10.9. The van der Waals surface area contributed by atoms with Gasteiger partial charge in [0.25, 0.3) is 0 Å². The van der Waals surface area contributed by atoms with Crippen LogP contribution >= 0.6 is 11.6 Å². The molecule has 0 aromatic carbocycles. The van der Waals surface area contributed by atoms with Crippen LogP contribution in [-0.2, 0) is 10.3 Å². The van der Waals surface area contributed by atoms with Gasteiger partial charge in [-0.1, -0.05) is 11.6 Å². The second kappa shape index (κ2) is 4.08. The van der Waals surface area contributed by atoms with Crippen molar-refractivity contribution in [2.45, 2.75) is 25.4 Å². The van der Waals surface area contributed by atoms with E-state index in [4.69, 9.17) is 16.3 Å². The van der Waals surface area contributed by atoms with Gasteiger partial charge in [-0.3, -0.25) is 4.98 Å². The molecule has 0 bridgehead atoms. The van der Waals surface area contributed by atoms with Crippen molar-refractivity contribution >= 4 is 11.6 Å². The van der Waals surface area contributed by atoms with Gasteiger partial charge >= 0.3 is 0 Å². The molecular weight excluding hydrogens is 214 g/mol. The smallest absolute Gasteiger partial charge is 0.111 e. The van der Waals surface area contributed by atoms with Gasteiger partial charge in [0.1, 0.15) is 5.60 Å². The topological polar surface area (TPSA) is 42.4 Å². The van der Waals surface area contributed by atoms with Gasteiger partial charge in [-0.05, 0) is 18.6 Å². The Hall–Kier alpha value is -0.640. The Morgan fingerprint density at radius 2 is 2.13 bits per heavy atom. The summed E-state index contributed by atoms with van der Waals surface area (Å²) in [4.78, 5) is 4.24. The van der Waals surface area contributed by atoms with E-state index in [2.05, 4.69) is 4.98 Å². The molecule has 0 spiro atoms. The van der Waals surface area contributed by atoms with Crippen molar-refractivity contribution in [2.75, 3.05) is 13.2 Å². The van der Waals surface area contributed by atoms with Crippen LogP contribution in [0, 0.1) is 6.92 Å². The van der Waals surface area contributed by atoms with E-state index < -0.39 is 5.60 Å². The Balaban J connectivity index is 2.35. The molecule has 0 unspecified atom stereocenters. The van der Waals surface area contributed by atoms with Gasteiger partial charge in [-0.25, -0.2) is 0 Å². The summed E-state index contributed by atoms with van der Waals surface area (Å²) in [6, 6.07) is 1.83. The predicted molar refractivity (Wildman–Crippen MR) is 57.9 cm³/mol. The number of aryl methyl sites for hydroxylation is 1. The molecule has 1 aliphatic rings. The molecule has 0 amide bonds. The summed E-state index contributed by atoms with van der Waals surface area (Å²) < 4.78 is 5.24. The van der Waals surface area contributed by atoms with E-state index in [1.165, 1.54) is 0 Å². The lowest BCUT2D eigenvalue weighted by Gasteiger charge is -2.32. The second-order valence-corrected chi connectivity index (χ2v) is 4.40. The Bertz CT molecular complexity index is 362. The molecule has 1 aliphatic heterocycles. The van der Waals surface area contributed by atoms with Crippen LogP contribution in [0.1, 0.15) is 24.1 Å². The molecular formula is C11H14ClNO2. The Kier molecular flexibility index (Phi) is 2.96. The quantitative estimate of drug-likeness (QED) is 0.799. The molecule has 4 heteroatoms. The fraction of sp³-hybridized carbons (Fsp3) is 0.545. The average Bonchev–Trinajstić information content (AvgIpc) is 2.18. The Morgan fingerprint density at radius 3 is 2.73 bits per heavy atom. The van der Waals surface area contributed by atoms with Crippen LogP contribution in [0.4, 0.5) is 0 Å². The molecule has 1 aromatic heterocycles. The molecule has 2 heterocycles. The monoisotopic (exact) mass is 227 g/mol. The van der Waals surface area contributed by atoms with Crippen LogP contribution < -0.4 is 0 Å². The molecule has 1 N–H and O–H groups in total. The van der Waals surface area contributed by atoms with Crippen LogP contribution in [0.15, 0.2) is 12.3 Å². The molecule has 1 saturated heterocycles. The maximum Gasteiger partial charge on any atom is 0.111 e. The van der Waals surface area contributed by atoms with Gasteiger partial charge in [0.15, 0.2) is 0 Å². The lowest BCUT2D eigenvalue weighted by Crippen LogP contribution is -2.35. The third-order valence-corrected chi connectivity index (χ3v) is 3.01. The van der Waals surface area contributed by atoms with Crippen LogP contribution in [-0.4, -0.2) is 23.3 Å². The first-order valence-corrected chi connectivity index (χ1v) is 5.42. The maximum absolute atomic E-state index is 10.4. The predicted octanol–water partition coefficient (Wildman–Crippen LogP) is 2.04. The number of rotatable bonds is 1. The van der Waals surface area contributed by atoms with E-state index in [0.29, 0.717) is 31.1 Å². The van der Waals surface area contributed by atoms with Gasteiger partial charge in [0, 0.05) is 32.3 Å². The number of hydrogen-bond acceptors (Lipinski definition) is 3. The molecule has 3 nitrogen and oxygen atoms in total. The van der Waals surface area contributed by atoms with Crippen molar-refractivity contribution in [1.82, 2.24) is 4.98 Å². The molecule has 2 rings (SSSR count). The van der Waals surface area contributed by atoms with Crippen molar-refractivity contribution in [3.8, 4) is 0 Å². The molecule has 1 fully saturated rings. The van der Waals surface area contributed by atoms with Crippen molar-refractivity contribution in [3.63, 3.8) is 0 Å². The van der Waals surface area contributed by atoms with E-state index in [1.54, 1.807) is 6.20 Å². The fourth-order valence-electron chi connectivity index (χ4n) is 1.97. The highest BCUT2D eigenvalue weighted by Gasteiger charge is 2.34. The van der Waals surface area contributed by atoms with E-state index in [9.17, 15) is 5.11 Å². The molecule has 0 aliphatic carbocycles. The number of ether oxygens (including phenoxy) is 1. The molecule has 0 atom stereocenters. The van der Waals surface area contributed by atoms with Crippen LogP contribution in [0.2, 0.25) is 5.02 Å². The van der Waals surface area contributed by atoms with Crippen molar-refractivity contribution in [2.24, 2.45) is 0 Å². The van der Waals surface area contributed by atoms with Gasteiger partial charge in [0.2, 0.25) is 0 Å². The first-order chi connectivity index (χ1) is 7.12. The number of nitrogens with zero attached hydrogens (tertiary/aromatic N) is 1. The number of hydrogen-bond donors (Lipinski definition) is 1. The van der Waals surface area contributed by atoms with Crippen molar-refractivity contribution < 1.29 is 9.84 Å². The molecule has 0 radical (unpaired) electrons. The summed E-state index contributed by atoms with van der Waals surface area (Å²) in [5.41, 5.74) is 0.828. The van der Waals surface area contributed by atoms with Crippen LogP contribution in [0.25, 0.3) is 0 Å². The summed E-state index contributed by atoms with van der Waals surface area (Å²) in [6.07, 6.45) is 2.78. The van der Waals surface area contributed by atoms with Gasteiger partial charge in [0.05, 0.1) is 10.7 Å². The molecule has 1 aromatic rings. The largest absolute Gasteiger partial charge is 0.383 e. The fourth-order valence-corrected chi connectivity index (χ4v) is 2.19. The first kappa shape index (κ1) is 10.9. The Labute approximate surface area is 94.0 Å². The van der Waals surface area contributed by atoms with Crippen molar-refractivity contribution in [3.05, 3.63) is 28.5 Å². The minimum Gasteiger partial charge on any atom is -0.383 e. The van der Waals surface area contributed by atoms with E-state index >= 15 is 0 Å². The SMILES string of the molecule is Cc1cc(Cl)cnc1C1(O)CCOCC1. The van der Waals surface area contributed by atoms with Gasteiger partial charge < -0.3 is 9.84 Å². The van der Waals surface area contributed by atoms with Gasteiger partial charge in [-0.2, -0.15) is 0 Å². The second-order valence-electron chi connectivity index (χ2n) is 3.96. The molecule has 0 saturated carbocycles. The number of halogens is 1. The average molecular weight is 228 g/mol. The minimum absolute atomic E-state index is 0.584. The van der Waals surface area contributed by atoms with Gasteiger partial charge in [-0.15, -0.1) is 0 Å².